The van der Waals surface area contributed by atoms with Crippen LogP contribution in [0.15, 0.2) is 48.8 Å². The zero-order chi connectivity index (χ0) is 19.5. The number of amides is 2. The summed E-state index contributed by atoms with van der Waals surface area (Å²) in [6.45, 7) is 0.376. The first-order valence-corrected chi connectivity index (χ1v) is 8.66. The SMILES string of the molecule is CNc1cccc(N2C(=O)NCc3cnc(Nc4ccc(OC)nc4)nc32)c1.[HH]. The molecule has 1 aliphatic heterocycles. The predicted molar refractivity (Wildman–Crippen MR) is 109 cm³/mol. The first kappa shape index (κ1) is 17.5. The summed E-state index contributed by atoms with van der Waals surface area (Å²) in [4.78, 5) is 27.2. The van der Waals surface area contributed by atoms with Gasteiger partial charge in [-0.1, -0.05) is 6.07 Å². The number of anilines is 5. The largest absolute Gasteiger partial charge is 0.481 e. The van der Waals surface area contributed by atoms with E-state index in [4.69, 9.17) is 4.74 Å². The molecule has 0 fully saturated rings. The first-order chi connectivity index (χ1) is 13.7. The summed E-state index contributed by atoms with van der Waals surface area (Å²) < 4.78 is 5.06. The first-order valence-electron chi connectivity index (χ1n) is 8.66. The van der Waals surface area contributed by atoms with Crippen LogP contribution >= 0.6 is 0 Å². The number of pyridine rings is 1. The van der Waals surface area contributed by atoms with E-state index in [-0.39, 0.29) is 7.46 Å². The van der Waals surface area contributed by atoms with E-state index in [1.54, 1.807) is 30.5 Å². The molecular formula is C19H21N7O2. The third-order valence-electron chi connectivity index (χ3n) is 4.28. The van der Waals surface area contributed by atoms with E-state index in [0.717, 1.165) is 11.3 Å². The zero-order valence-corrected chi connectivity index (χ0v) is 15.4. The molecule has 0 unspecified atom stereocenters. The van der Waals surface area contributed by atoms with Crippen molar-refractivity contribution in [3.8, 4) is 5.88 Å². The molecule has 1 aliphatic rings. The Morgan fingerprint density at radius 1 is 1.18 bits per heavy atom. The molecule has 144 valence electrons. The van der Waals surface area contributed by atoms with Crippen LogP contribution in [0.2, 0.25) is 0 Å². The van der Waals surface area contributed by atoms with Crippen LogP contribution in [0.25, 0.3) is 0 Å². The molecule has 0 spiro atoms. The number of aromatic nitrogens is 3. The fourth-order valence-electron chi connectivity index (χ4n) is 2.87. The number of methoxy groups -OCH3 is 1. The molecule has 9 nitrogen and oxygen atoms in total. The van der Waals surface area contributed by atoms with Crippen LogP contribution in [0.1, 0.15) is 6.99 Å². The highest BCUT2D eigenvalue weighted by Gasteiger charge is 2.27. The fraction of sp³-hybridized carbons (Fsp3) is 0.158. The van der Waals surface area contributed by atoms with Gasteiger partial charge in [-0.2, -0.15) is 4.98 Å². The predicted octanol–water partition coefficient (Wildman–Crippen LogP) is 3.27. The van der Waals surface area contributed by atoms with Crippen LogP contribution in [-0.4, -0.2) is 35.1 Å². The molecule has 0 atom stereocenters. The maximum atomic E-state index is 12.6. The lowest BCUT2D eigenvalue weighted by atomic mass is 10.2. The van der Waals surface area contributed by atoms with E-state index in [9.17, 15) is 4.79 Å². The van der Waals surface area contributed by atoms with E-state index < -0.39 is 0 Å². The average Bonchev–Trinajstić information content (AvgIpc) is 2.74. The molecule has 4 rings (SSSR count). The van der Waals surface area contributed by atoms with Crippen molar-refractivity contribution in [2.75, 3.05) is 29.7 Å². The monoisotopic (exact) mass is 379 g/mol. The van der Waals surface area contributed by atoms with Crippen LogP contribution in [0, 0.1) is 0 Å². The van der Waals surface area contributed by atoms with Crippen molar-refractivity contribution >= 4 is 34.9 Å². The quantitative estimate of drug-likeness (QED) is 0.625. The van der Waals surface area contributed by atoms with Gasteiger partial charge in [0.1, 0.15) is 0 Å². The average molecular weight is 379 g/mol. The standard InChI is InChI=1S/C19H19N7O2.H2/c1-20-13-4-3-5-15(8-13)26-17-12(10-23-19(26)27)9-22-18(25-17)24-14-6-7-16(28-2)21-11-14;/h3-9,11,20H,10H2,1-2H3,(H,23,27)(H,22,24,25);1H. The van der Waals surface area contributed by atoms with Crippen molar-refractivity contribution in [2.24, 2.45) is 0 Å². The molecule has 0 saturated carbocycles. The van der Waals surface area contributed by atoms with Crippen molar-refractivity contribution in [3.05, 3.63) is 54.4 Å². The Balaban J connectivity index is 0.00000240. The Bertz CT molecular complexity index is 1010. The molecule has 0 bridgehead atoms. The van der Waals surface area contributed by atoms with Gasteiger partial charge in [-0.25, -0.2) is 19.7 Å². The Labute approximate surface area is 163 Å². The Hall–Kier alpha value is -3.88. The molecule has 3 aromatic rings. The number of carbonyl (C=O) groups excluding carboxylic acids is 1. The highest BCUT2D eigenvalue weighted by Crippen LogP contribution is 2.32. The number of rotatable bonds is 5. The minimum absolute atomic E-state index is 0. The van der Waals surface area contributed by atoms with E-state index in [2.05, 4.69) is 30.9 Å². The third-order valence-corrected chi connectivity index (χ3v) is 4.28. The number of ether oxygens (including phenoxy) is 1. The number of hydrogen-bond donors (Lipinski definition) is 3. The number of fused-ring (bicyclic) bond motifs is 1. The summed E-state index contributed by atoms with van der Waals surface area (Å²) in [6, 6.07) is 10.9. The van der Waals surface area contributed by atoms with Crippen molar-refractivity contribution in [1.82, 2.24) is 20.3 Å². The number of hydrogen-bond acceptors (Lipinski definition) is 7. The number of nitrogens with zero attached hydrogens (tertiary/aromatic N) is 4. The summed E-state index contributed by atoms with van der Waals surface area (Å²) >= 11 is 0. The maximum absolute atomic E-state index is 12.6. The lowest BCUT2D eigenvalue weighted by Crippen LogP contribution is -2.42. The van der Waals surface area contributed by atoms with Gasteiger partial charge in [0.2, 0.25) is 11.8 Å². The zero-order valence-electron chi connectivity index (χ0n) is 15.4. The lowest BCUT2D eigenvalue weighted by molar-refractivity contribution is 0.247. The number of nitrogens with one attached hydrogen (secondary N) is 3. The normalized spacial score (nSPS) is 12.8. The van der Waals surface area contributed by atoms with Crippen LogP contribution in [0.5, 0.6) is 5.88 Å². The Kier molecular flexibility index (Phi) is 4.63. The minimum Gasteiger partial charge on any atom is -0.481 e. The van der Waals surface area contributed by atoms with Gasteiger partial charge >= 0.3 is 6.03 Å². The fourth-order valence-corrected chi connectivity index (χ4v) is 2.87. The second-order valence-corrected chi connectivity index (χ2v) is 6.05. The van der Waals surface area contributed by atoms with Gasteiger partial charge in [0.05, 0.1) is 24.7 Å². The van der Waals surface area contributed by atoms with Gasteiger partial charge in [-0.3, -0.25) is 0 Å². The van der Waals surface area contributed by atoms with Crippen molar-refractivity contribution in [2.45, 2.75) is 6.54 Å². The van der Waals surface area contributed by atoms with Crippen molar-refractivity contribution in [3.63, 3.8) is 0 Å². The van der Waals surface area contributed by atoms with E-state index >= 15 is 0 Å². The maximum Gasteiger partial charge on any atom is 0.327 e. The molecule has 0 aliphatic carbocycles. The second kappa shape index (κ2) is 7.39. The molecule has 28 heavy (non-hydrogen) atoms. The van der Waals surface area contributed by atoms with Crippen molar-refractivity contribution < 1.29 is 11.0 Å². The smallest absolute Gasteiger partial charge is 0.327 e. The highest BCUT2D eigenvalue weighted by molar-refractivity contribution is 6.01. The van der Waals surface area contributed by atoms with E-state index in [1.165, 1.54) is 0 Å². The van der Waals surface area contributed by atoms with Gasteiger partial charge in [-0.15, -0.1) is 0 Å². The van der Waals surface area contributed by atoms with Gasteiger partial charge in [-0.05, 0) is 24.3 Å². The molecule has 1 aromatic carbocycles. The van der Waals surface area contributed by atoms with E-state index in [1.807, 2.05) is 37.4 Å². The van der Waals surface area contributed by atoms with Gasteiger partial charge < -0.3 is 20.7 Å². The highest BCUT2D eigenvalue weighted by atomic mass is 16.5. The molecule has 3 N–H and O–H groups in total. The van der Waals surface area contributed by atoms with Crippen LogP contribution in [-0.2, 0) is 6.54 Å². The Morgan fingerprint density at radius 3 is 2.82 bits per heavy atom. The number of carbonyl (C=O) groups is 1. The second-order valence-electron chi connectivity index (χ2n) is 6.05. The van der Waals surface area contributed by atoms with Gasteiger partial charge in [0.25, 0.3) is 0 Å². The summed E-state index contributed by atoms with van der Waals surface area (Å²) in [6.07, 6.45) is 3.33. The van der Waals surface area contributed by atoms with Crippen LogP contribution < -0.4 is 25.6 Å². The van der Waals surface area contributed by atoms with Crippen LogP contribution in [0.4, 0.5) is 33.6 Å². The summed E-state index contributed by atoms with van der Waals surface area (Å²) in [5, 5.41) is 9.03. The Morgan fingerprint density at radius 2 is 2.07 bits per heavy atom. The molecule has 3 heterocycles. The van der Waals surface area contributed by atoms with Gasteiger partial charge in [0, 0.05) is 38.5 Å². The molecule has 2 amide bonds. The summed E-state index contributed by atoms with van der Waals surface area (Å²) in [5.74, 6) is 1.43. The molecule has 0 radical (unpaired) electrons. The molecule has 2 aromatic heterocycles. The third kappa shape index (κ3) is 3.37. The number of benzene rings is 1. The van der Waals surface area contributed by atoms with E-state index in [0.29, 0.717) is 35.6 Å². The number of urea groups is 1. The van der Waals surface area contributed by atoms with Crippen LogP contribution in [0.3, 0.4) is 0 Å². The molecule has 0 saturated heterocycles. The van der Waals surface area contributed by atoms with Gasteiger partial charge in [0.15, 0.2) is 5.82 Å². The summed E-state index contributed by atoms with van der Waals surface area (Å²) in [5.41, 5.74) is 3.15. The molecule has 9 heteroatoms. The minimum atomic E-state index is -0.239. The molecular weight excluding hydrogens is 358 g/mol. The van der Waals surface area contributed by atoms with Crippen molar-refractivity contribution in [1.29, 1.82) is 0 Å². The topological polar surface area (TPSA) is 104 Å². The summed E-state index contributed by atoms with van der Waals surface area (Å²) in [7, 11) is 3.39. The lowest BCUT2D eigenvalue weighted by Gasteiger charge is -2.29.